The van der Waals surface area contributed by atoms with Crippen LogP contribution in [0, 0.1) is 24.7 Å². The highest BCUT2D eigenvalue weighted by molar-refractivity contribution is 5.64. The number of aromatic nitrogens is 3. The van der Waals surface area contributed by atoms with Crippen molar-refractivity contribution in [1.29, 1.82) is 0 Å². The number of aryl methyl sites for hydroxylation is 1. The van der Waals surface area contributed by atoms with Crippen molar-refractivity contribution in [3.05, 3.63) is 17.6 Å². The van der Waals surface area contributed by atoms with Gasteiger partial charge in [-0.05, 0) is 69.3 Å². The maximum Gasteiger partial charge on any atom is 0.241 e. The molecule has 0 radical (unpaired) electrons. The summed E-state index contributed by atoms with van der Waals surface area (Å²) in [7, 11) is 0. The molecule has 0 unspecified atom stereocenters. The molecule has 4 aliphatic carbocycles. The third-order valence-corrected chi connectivity index (χ3v) is 6.15. The van der Waals surface area contributed by atoms with Crippen LogP contribution in [0.1, 0.15) is 50.0 Å². The molecule has 0 saturated heterocycles. The van der Waals surface area contributed by atoms with Crippen molar-refractivity contribution in [2.45, 2.75) is 50.9 Å². The first-order valence-corrected chi connectivity index (χ1v) is 8.18. The average Bonchev–Trinajstić information content (AvgIpc) is 2.82. The third kappa shape index (κ3) is 1.62. The van der Waals surface area contributed by atoms with E-state index in [0.29, 0.717) is 5.69 Å². The average molecular weight is 283 g/mol. The highest BCUT2D eigenvalue weighted by Gasteiger charge is 2.52. The normalized spacial score (nSPS) is 37.5. The van der Waals surface area contributed by atoms with Crippen molar-refractivity contribution in [2.75, 3.05) is 0 Å². The van der Waals surface area contributed by atoms with Gasteiger partial charge in [0.1, 0.15) is 11.5 Å². The molecule has 4 heteroatoms. The van der Waals surface area contributed by atoms with Gasteiger partial charge in [-0.2, -0.15) is 4.98 Å². The Hall–Kier alpha value is -1.58. The van der Waals surface area contributed by atoms with Crippen LogP contribution in [0.5, 0.6) is 5.88 Å². The van der Waals surface area contributed by atoms with Gasteiger partial charge in [-0.3, -0.25) is 0 Å². The Labute approximate surface area is 124 Å². The van der Waals surface area contributed by atoms with Crippen LogP contribution in [0.3, 0.4) is 0 Å². The fourth-order valence-corrected chi connectivity index (χ4v) is 5.81. The third-order valence-electron chi connectivity index (χ3n) is 6.15. The predicted octanol–water partition coefficient (Wildman–Crippen LogP) is 3.39. The van der Waals surface area contributed by atoms with Crippen LogP contribution in [0.4, 0.5) is 0 Å². The predicted molar refractivity (Wildman–Crippen MR) is 79.3 cm³/mol. The first-order valence-electron chi connectivity index (χ1n) is 8.18. The molecule has 110 valence electrons. The zero-order valence-electron chi connectivity index (χ0n) is 12.4. The number of hydrogen-bond acceptors (Lipinski definition) is 3. The number of hydrogen-bond donors (Lipinski definition) is 2. The SMILES string of the molecule is Cc1nc(O)c2nc(C34CC5CC(CC(C5)C3)C4)cc-2[nH]1. The van der Waals surface area contributed by atoms with Gasteiger partial charge in [0.05, 0.1) is 5.69 Å². The number of nitrogens with zero attached hydrogens (tertiary/aromatic N) is 2. The zero-order valence-corrected chi connectivity index (χ0v) is 12.4. The molecule has 0 aromatic heterocycles. The second kappa shape index (κ2) is 3.79. The van der Waals surface area contributed by atoms with Gasteiger partial charge >= 0.3 is 0 Å². The highest BCUT2D eigenvalue weighted by Crippen LogP contribution is 2.60. The molecule has 0 spiro atoms. The minimum Gasteiger partial charge on any atom is -0.492 e. The van der Waals surface area contributed by atoms with E-state index in [9.17, 15) is 5.11 Å². The van der Waals surface area contributed by atoms with Crippen molar-refractivity contribution in [1.82, 2.24) is 15.0 Å². The van der Waals surface area contributed by atoms with E-state index in [-0.39, 0.29) is 11.3 Å². The quantitative estimate of drug-likeness (QED) is 0.843. The van der Waals surface area contributed by atoms with Crippen molar-refractivity contribution in [3.8, 4) is 17.3 Å². The standard InChI is InChI=1S/C17H21N3O/c1-9-18-13-5-14(20-15(13)16(21)19-9)17-6-10-2-11(7-17)4-12(3-10)8-17/h5,10-12,21H,2-4,6-8H2,1H3,(H,18,19). The number of H-pyrrole nitrogens is 1. The van der Waals surface area contributed by atoms with Gasteiger partial charge in [0, 0.05) is 11.1 Å². The lowest BCUT2D eigenvalue weighted by Gasteiger charge is -2.56. The summed E-state index contributed by atoms with van der Waals surface area (Å²) in [5, 5.41) is 10.1. The van der Waals surface area contributed by atoms with Crippen molar-refractivity contribution in [2.24, 2.45) is 17.8 Å². The number of aromatic amines is 1. The van der Waals surface area contributed by atoms with Crippen LogP contribution >= 0.6 is 0 Å². The van der Waals surface area contributed by atoms with Crippen molar-refractivity contribution < 1.29 is 5.11 Å². The molecule has 2 aliphatic heterocycles. The van der Waals surface area contributed by atoms with Crippen molar-refractivity contribution >= 4 is 0 Å². The molecule has 6 aliphatic rings. The molecule has 0 aromatic carbocycles. The van der Waals surface area contributed by atoms with Gasteiger partial charge in [-0.1, -0.05) is 0 Å². The lowest BCUT2D eigenvalue weighted by molar-refractivity contribution is -0.00690. The van der Waals surface area contributed by atoms with Crippen LogP contribution in [0.2, 0.25) is 0 Å². The Morgan fingerprint density at radius 2 is 1.71 bits per heavy atom. The monoisotopic (exact) mass is 283 g/mol. The molecule has 4 bridgehead atoms. The topological polar surface area (TPSA) is 61.8 Å². The number of nitrogens with one attached hydrogen (secondary N) is 1. The van der Waals surface area contributed by atoms with Gasteiger partial charge in [0.2, 0.25) is 5.88 Å². The minimum absolute atomic E-state index is 0.0669. The smallest absolute Gasteiger partial charge is 0.241 e. The molecular formula is C17H21N3O. The first kappa shape index (κ1) is 12.0. The number of rotatable bonds is 1. The van der Waals surface area contributed by atoms with Crippen LogP contribution in [-0.4, -0.2) is 20.1 Å². The molecule has 6 rings (SSSR count). The maximum absolute atomic E-state index is 10.1. The molecule has 2 N–H and O–H groups in total. The zero-order chi connectivity index (χ0) is 14.2. The fourth-order valence-electron chi connectivity index (χ4n) is 5.81. The molecule has 21 heavy (non-hydrogen) atoms. The van der Waals surface area contributed by atoms with E-state index < -0.39 is 0 Å². The summed E-state index contributed by atoms with van der Waals surface area (Å²) in [6.45, 7) is 1.87. The van der Waals surface area contributed by atoms with E-state index in [1.54, 1.807) is 0 Å². The summed E-state index contributed by atoms with van der Waals surface area (Å²) in [5.41, 5.74) is 3.06. The van der Waals surface area contributed by atoms with Crippen LogP contribution in [-0.2, 0) is 5.41 Å². The molecule has 0 amide bonds. The largest absolute Gasteiger partial charge is 0.492 e. The maximum atomic E-state index is 10.1. The summed E-state index contributed by atoms with van der Waals surface area (Å²) in [6.07, 6.45) is 8.23. The van der Waals surface area contributed by atoms with Crippen LogP contribution in [0.15, 0.2) is 6.07 Å². The number of aromatic hydroxyl groups is 1. The summed E-state index contributed by atoms with van der Waals surface area (Å²) in [5.74, 6) is 3.54. The second-order valence-electron chi connectivity index (χ2n) is 7.75. The molecule has 0 aromatic rings. The lowest BCUT2D eigenvalue weighted by Crippen LogP contribution is -2.48. The van der Waals surface area contributed by atoms with Gasteiger partial charge in [-0.15, -0.1) is 0 Å². The summed E-state index contributed by atoms with van der Waals surface area (Å²) in [4.78, 5) is 12.1. The van der Waals surface area contributed by atoms with Gasteiger partial charge in [0.25, 0.3) is 0 Å². The summed E-state index contributed by atoms with van der Waals surface area (Å²) < 4.78 is 0. The first-order chi connectivity index (χ1) is 10.1. The highest BCUT2D eigenvalue weighted by atomic mass is 16.3. The molecule has 4 fully saturated rings. The number of fused-ring (bicyclic) bond motifs is 1. The molecule has 4 saturated carbocycles. The molecule has 2 heterocycles. The van der Waals surface area contributed by atoms with E-state index in [1.165, 1.54) is 44.2 Å². The fraction of sp³-hybridized carbons (Fsp3) is 0.647. The second-order valence-corrected chi connectivity index (χ2v) is 7.75. The lowest BCUT2D eigenvalue weighted by atomic mass is 9.49. The molecule has 0 atom stereocenters. The Bertz CT molecular complexity index is 654. The van der Waals surface area contributed by atoms with Gasteiger partial charge < -0.3 is 10.1 Å². The Balaban J connectivity index is 1.64. The minimum atomic E-state index is 0.0669. The van der Waals surface area contributed by atoms with E-state index in [2.05, 4.69) is 16.0 Å². The summed E-state index contributed by atoms with van der Waals surface area (Å²) >= 11 is 0. The Morgan fingerprint density at radius 3 is 2.33 bits per heavy atom. The van der Waals surface area contributed by atoms with E-state index >= 15 is 0 Å². The van der Waals surface area contributed by atoms with E-state index in [4.69, 9.17) is 4.98 Å². The molecular weight excluding hydrogens is 262 g/mol. The van der Waals surface area contributed by atoms with E-state index in [0.717, 1.165) is 29.3 Å². The van der Waals surface area contributed by atoms with Crippen LogP contribution in [0.25, 0.3) is 11.4 Å². The molecule has 4 nitrogen and oxygen atoms in total. The van der Waals surface area contributed by atoms with Crippen LogP contribution < -0.4 is 0 Å². The van der Waals surface area contributed by atoms with Gasteiger partial charge in [-0.25, -0.2) is 4.98 Å². The van der Waals surface area contributed by atoms with Gasteiger partial charge in [0.15, 0.2) is 0 Å². The van der Waals surface area contributed by atoms with E-state index in [1.807, 2.05) is 6.92 Å². The summed E-state index contributed by atoms with van der Waals surface area (Å²) in [6, 6.07) is 2.18. The Kier molecular flexibility index (Phi) is 2.17. The Morgan fingerprint density at radius 1 is 1.10 bits per heavy atom. The van der Waals surface area contributed by atoms with Crippen molar-refractivity contribution in [3.63, 3.8) is 0 Å².